The van der Waals surface area contributed by atoms with Gasteiger partial charge in [0.25, 0.3) is 0 Å². The average molecular weight is 169 g/mol. The Labute approximate surface area is 71.4 Å². The highest BCUT2D eigenvalue weighted by atomic mass is 19.1. The van der Waals surface area contributed by atoms with Gasteiger partial charge in [0, 0.05) is 12.3 Å². The smallest absolute Gasteiger partial charge is 0.213 e. The number of alkyl halides is 1. The van der Waals surface area contributed by atoms with Gasteiger partial charge in [-0.15, -0.1) is 0 Å². The monoisotopic (exact) mass is 169 g/mol. The highest BCUT2D eigenvalue weighted by Gasteiger charge is 1.91. The second-order valence-corrected chi connectivity index (χ2v) is 2.41. The zero-order valence-corrected chi connectivity index (χ0v) is 6.87. The molecule has 1 heterocycles. The molecule has 0 atom stereocenters. The Kier molecular flexibility index (Phi) is 4.13. The average Bonchev–Trinajstić information content (AvgIpc) is 2.14. The standard InChI is InChI=1S/C9H12FNO/c10-6-2-4-8-12-9-5-1-3-7-11-9/h1,3,5,7H,2,4,6,8H2. The van der Waals surface area contributed by atoms with Crippen molar-refractivity contribution in [3.05, 3.63) is 24.4 Å². The second kappa shape index (κ2) is 5.52. The maximum absolute atomic E-state index is 11.6. The van der Waals surface area contributed by atoms with E-state index in [1.54, 1.807) is 12.3 Å². The molecular formula is C9H12FNO. The molecule has 0 bridgehead atoms. The van der Waals surface area contributed by atoms with E-state index in [0.717, 1.165) is 6.42 Å². The molecule has 0 aromatic carbocycles. The van der Waals surface area contributed by atoms with Crippen LogP contribution in [-0.4, -0.2) is 18.3 Å². The zero-order valence-electron chi connectivity index (χ0n) is 6.87. The lowest BCUT2D eigenvalue weighted by Gasteiger charge is -2.02. The van der Waals surface area contributed by atoms with Gasteiger partial charge >= 0.3 is 0 Å². The topological polar surface area (TPSA) is 22.1 Å². The summed E-state index contributed by atoms with van der Waals surface area (Å²) in [6, 6.07) is 5.47. The molecule has 0 saturated carbocycles. The fourth-order valence-electron chi connectivity index (χ4n) is 0.806. The summed E-state index contributed by atoms with van der Waals surface area (Å²) in [6.45, 7) is 0.270. The molecule has 0 N–H and O–H groups in total. The minimum atomic E-state index is -0.272. The summed E-state index contributed by atoms with van der Waals surface area (Å²) in [5.41, 5.74) is 0. The van der Waals surface area contributed by atoms with E-state index in [9.17, 15) is 4.39 Å². The van der Waals surface area contributed by atoms with Crippen molar-refractivity contribution in [1.29, 1.82) is 0 Å². The van der Waals surface area contributed by atoms with Crippen molar-refractivity contribution in [3.8, 4) is 5.88 Å². The van der Waals surface area contributed by atoms with Crippen molar-refractivity contribution in [2.45, 2.75) is 12.8 Å². The molecule has 1 rings (SSSR count). The summed E-state index contributed by atoms with van der Waals surface area (Å²) >= 11 is 0. The van der Waals surface area contributed by atoms with E-state index in [1.165, 1.54) is 0 Å². The Bertz CT molecular complexity index is 203. The highest BCUT2D eigenvalue weighted by Crippen LogP contribution is 2.03. The molecule has 66 valence electrons. The van der Waals surface area contributed by atoms with Gasteiger partial charge in [0.15, 0.2) is 0 Å². The molecule has 2 nitrogen and oxygen atoms in total. The molecule has 12 heavy (non-hydrogen) atoms. The third kappa shape index (κ3) is 3.32. The SMILES string of the molecule is FCCCCOc1ccccn1. The third-order valence-electron chi connectivity index (χ3n) is 1.42. The number of ether oxygens (including phenoxy) is 1. The quantitative estimate of drug-likeness (QED) is 0.630. The maximum atomic E-state index is 11.6. The molecule has 1 aromatic heterocycles. The van der Waals surface area contributed by atoms with Crippen molar-refractivity contribution in [2.75, 3.05) is 13.3 Å². The summed E-state index contributed by atoms with van der Waals surface area (Å²) < 4.78 is 16.9. The van der Waals surface area contributed by atoms with E-state index >= 15 is 0 Å². The number of rotatable bonds is 5. The van der Waals surface area contributed by atoms with Gasteiger partial charge in [-0.2, -0.15) is 0 Å². The molecule has 0 radical (unpaired) electrons. The van der Waals surface area contributed by atoms with Crippen LogP contribution in [0.2, 0.25) is 0 Å². The van der Waals surface area contributed by atoms with E-state index in [0.29, 0.717) is 18.9 Å². The number of pyridine rings is 1. The first-order chi connectivity index (χ1) is 5.93. The first-order valence-electron chi connectivity index (χ1n) is 4.03. The van der Waals surface area contributed by atoms with Crippen LogP contribution >= 0.6 is 0 Å². The Balaban J connectivity index is 2.16. The molecule has 0 aliphatic carbocycles. The van der Waals surface area contributed by atoms with Crippen LogP contribution in [0.4, 0.5) is 4.39 Å². The van der Waals surface area contributed by atoms with E-state index < -0.39 is 0 Å². The third-order valence-corrected chi connectivity index (χ3v) is 1.42. The van der Waals surface area contributed by atoms with Crippen LogP contribution in [0.15, 0.2) is 24.4 Å². The minimum absolute atomic E-state index is 0.272. The lowest BCUT2D eigenvalue weighted by molar-refractivity contribution is 0.287. The first kappa shape index (κ1) is 8.97. The van der Waals surface area contributed by atoms with Crippen molar-refractivity contribution >= 4 is 0 Å². The van der Waals surface area contributed by atoms with Crippen molar-refractivity contribution in [1.82, 2.24) is 4.98 Å². The first-order valence-corrected chi connectivity index (χ1v) is 4.03. The molecule has 3 heteroatoms. The lowest BCUT2D eigenvalue weighted by atomic mass is 10.3. The van der Waals surface area contributed by atoms with Gasteiger partial charge in [-0.05, 0) is 18.9 Å². The van der Waals surface area contributed by atoms with Gasteiger partial charge in [-0.25, -0.2) is 4.98 Å². The Hall–Kier alpha value is -1.12. The molecule has 0 fully saturated rings. The van der Waals surface area contributed by atoms with Crippen molar-refractivity contribution in [3.63, 3.8) is 0 Å². The molecule has 0 spiro atoms. The largest absolute Gasteiger partial charge is 0.478 e. The fourth-order valence-corrected chi connectivity index (χ4v) is 0.806. The van der Waals surface area contributed by atoms with Gasteiger partial charge in [0.2, 0.25) is 5.88 Å². The molecule has 0 aliphatic rings. The summed E-state index contributed by atoms with van der Waals surface area (Å²) in [4.78, 5) is 3.96. The molecule has 0 saturated heterocycles. The Morgan fingerprint density at radius 3 is 2.92 bits per heavy atom. The number of unbranched alkanes of at least 4 members (excludes halogenated alkanes) is 1. The predicted octanol–water partition coefficient (Wildman–Crippen LogP) is 2.21. The van der Waals surface area contributed by atoms with E-state index in [1.807, 2.05) is 12.1 Å². The molecule has 0 amide bonds. The molecule has 0 aliphatic heterocycles. The summed E-state index contributed by atoms with van der Waals surface area (Å²) in [7, 11) is 0. The van der Waals surface area contributed by atoms with Crippen LogP contribution in [0.3, 0.4) is 0 Å². The van der Waals surface area contributed by atoms with Gasteiger partial charge in [0.05, 0.1) is 13.3 Å². The number of aromatic nitrogens is 1. The summed E-state index contributed by atoms with van der Waals surface area (Å²) in [6.07, 6.45) is 2.98. The van der Waals surface area contributed by atoms with Gasteiger partial charge in [-0.3, -0.25) is 4.39 Å². The number of halogens is 1. The van der Waals surface area contributed by atoms with E-state index in [-0.39, 0.29) is 6.67 Å². The van der Waals surface area contributed by atoms with Crippen LogP contribution in [0.25, 0.3) is 0 Å². The van der Waals surface area contributed by atoms with Crippen molar-refractivity contribution in [2.24, 2.45) is 0 Å². The highest BCUT2D eigenvalue weighted by molar-refractivity contribution is 5.08. The minimum Gasteiger partial charge on any atom is -0.478 e. The van der Waals surface area contributed by atoms with Crippen molar-refractivity contribution < 1.29 is 9.13 Å². The number of hydrogen-bond donors (Lipinski definition) is 0. The fraction of sp³-hybridized carbons (Fsp3) is 0.444. The number of nitrogens with zero attached hydrogens (tertiary/aromatic N) is 1. The zero-order chi connectivity index (χ0) is 8.65. The van der Waals surface area contributed by atoms with Crippen LogP contribution in [0.5, 0.6) is 5.88 Å². The Morgan fingerprint density at radius 2 is 2.25 bits per heavy atom. The molecule has 0 unspecified atom stereocenters. The van der Waals surface area contributed by atoms with E-state index in [4.69, 9.17) is 4.74 Å². The van der Waals surface area contributed by atoms with Crippen LogP contribution in [-0.2, 0) is 0 Å². The van der Waals surface area contributed by atoms with Gasteiger partial charge in [-0.1, -0.05) is 6.07 Å². The summed E-state index contributed by atoms with van der Waals surface area (Å²) in [5.74, 6) is 0.608. The molecule has 1 aromatic rings. The van der Waals surface area contributed by atoms with Crippen LogP contribution in [0, 0.1) is 0 Å². The van der Waals surface area contributed by atoms with E-state index in [2.05, 4.69) is 4.98 Å². The summed E-state index contributed by atoms with van der Waals surface area (Å²) in [5, 5.41) is 0. The maximum Gasteiger partial charge on any atom is 0.213 e. The number of hydrogen-bond acceptors (Lipinski definition) is 2. The second-order valence-electron chi connectivity index (χ2n) is 2.41. The normalized spacial score (nSPS) is 9.75. The van der Waals surface area contributed by atoms with Gasteiger partial charge in [0.1, 0.15) is 0 Å². The predicted molar refractivity (Wildman–Crippen MR) is 44.9 cm³/mol. The lowest BCUT2D eigenvalue weighted by Crippen LogP contribution is -1.98. The van der Waals surface area contributed by atoms with Crippen LogP contribution < -0.4 is 4.74 Å². The Morgan fingerprint density at radius 1 is 1.33 bits per heavy atom. The van der Waals surface area contributed by atoms with Gasteiger partial charge < -0.3 is 4.74 Å². The van der Waals surface area contributed by atoms with Crippen LogP contribution in [0.1, 0.15) is 12.8 Å². The molecular weight excluding hydrogens is 157 g/mol.